The average molecular weight is 433 g/mol. The molecule has 32 heavy (non-hydrogen) atoms. The van der Waals surface area contributed by atoms with Crippen LogP contribution in [0.25, 0.3) is 5.69 Å². The lowest BCUT2D eigenvalue weighted by Crippen LogP contribution is -2.39. The molecule has 0 fully saturated rings. The zero-order chi connectivity index (χ0) is 23.2. The van der Waals surface area contributed by atoms with Crippen LogP contribution in [0.2, 0.25) is 0 Å². The smallest absolute Gasteiger partial charge is 0.282 e. The Balaban J connectivity index is 1.57. The van der Waals surface area contributed by atoms with E-state index in [2.05, 4.69) is 5.10 Å². The molecule has 1 aliphatic rings. The van der Waals surface area contributed by atoms with E-state index in [0.29, 0.717) is 6.54 Å². The summed E-state index contributed by atoms with van der Waals surface area (Å²) in [5.41, 5.74) is 4.50. The van der Waals surface area contributed by atoms with Crippen molar-refractivity contribution in [3.05, 3.63) is 86.2 Å². The number of nitro groups is 1. The van der Waals surface area contributed by atoms with E-state index >= 15 is 0 Å². The van der Waals surface area contributed by atoms with E-state index in [1.807, 2.05) is 54.6 Å². The number of hydrogen-bond donors (Lipinski definition) is 0. The van der Waals surface area contributed by atoms with Crippen molar-refractivity contribution < 1.29 is 14.5 Å². The summed E-state index contributed by atoms with van der Waals surface area (Å²) in [4.78, 5) is 39.2. The van der Waals surface area contributed by atoms with Crippen LogP contribution in [0.4, 0.5) is 5.69 Å². The lowest BCUT2D eigenvalue weighted by Gasteiger charge is -2.23. The van der Waals surface area contributed by atoms with Gasteiger partial charge in [-0.1, -0.05) is 24.3 Å². The molecular formula is C23H23N5O4. The van der Waals surface area contributed by atoms with Gasteiger partial charge in [0.1, 0.15) is 5.56 Å². The van der Waals surface area contributed by atoms with Crippen molar-refractivity contribution in [3.8, 4) is 5.69 Å². The molecule has 2 amide bonds. The molecule has 2 aromatic carbocycles. The first-order valence-electron chi connectivity index (χ1n) is 10.1. The summed E-state index contributed by atoms with van der Waals surface area (Å²) in [6, 6.07) is 12.1. The number of carbonyl (C=O) groups is 2. The molecular weight excluding hydrogens is 410 g/mol. The highest BCUT2D eigenvalue weighted by Crippen LogP contribution is 2.31. The van der Waals surface area contributed by atoms with Gasteiger partial charge in [0, 0.05) is 23.9 Å². The molecule has 0 saturated heterocycles. The summed E-state index contributed by atoms with van der Waals surface area (Å²) >= 11 is 0. The Morgan fingerprint density at radius 3 is 2.44 bits per heavy atom. The Bertz CT molecular complexity index is 1260. The number of nitro benzene ring substituents is 1. The number of rotatable bonds is 6. The van der Waals surface area contributed by atoms with Gasteiger partial charge in [0.15, 0.2) is 0 Å². The standard InChI is InChI=1S/C23H23N5O4/c1-14-8-5-6-10-19(14)27-16(3)18(15(2)24-27)12-25(4)13-26-22(29)17-9-7-11-20(28(31)32)21(17)23(26)30/h5-11H,12-13H2,1-4H3. The predicted molar refractivity (Wildman–Crippen MR) is 118 cm³/mol. The second-order valence-electron chi connectivity index (χ2n) is 8.00. The van der Waals surface area contributed by atoms with Crippen molar-refractivity contribution >= 4 is 17.5 Å². The van der Waals surface area contributed by atoms with Crippen molar-refractivity contribution in [3.63, 3.8) is 0 Å². The van der Waals surface area contributed by atoms with Gasteiger partial charge in [0.25, 0.3) is 17.5 Å². The number of aryl methyl sites for hydroxylation is 2. The molecule has 0 bridgehead atoms. The molecule has 4 rings (SSSR count). The van der Waals surface area contributed by atoms with Crippen LogP contribution in [0.5, 0.6) is 0 Å². The van der Waals surface area contributed by atoms with Crippen LogP contribution in [0.1, 0.15) is 43.2 Å². The molecule has 0 unspecified atom stereocenters. The first-order valence-corrected chi connectivity index (χ1v) is 10.1. The van der Waals surface area contributed by atoms with Crippen LogP contribution in [-0.2, 0) is 6.54 Å². The van der Waals surface area contributed by atoms with Crippen LogP contribution in [0, 0.1) is 30.9 Å². The van der Waals surface area contributed by atoms with Crippen LogP contribution in [0.3, 0.4) is 0 Å². The van der Waals surface area contributed by atoms with E-state index in [1.165, 1.54) is 18.2 Å². The quantitative estimate of drug-likeness (QED) is 0.335. The number of para-hydroxylation sites is 1. The van der Waals surface area contributed by atoms with Gasteiger partial charge >= 0.3 is 0 Å². The Morgan fingerprint density at radius 2 is 1.75 bits per heavy atom. The molecule has 1 aromatic heterocycles. The Hall–Kier alpha value is -3.85. The highest BCUT2D eigenvalue weighted by molar-refractivity contribution is 6.23. The Labute approximate surface area is 185 Å². The van der Waals surface area contributed by atoms with Gasteiger partial charge in [0.2, 0.25) is 0 Å². The topological polar surface area (TPSA) is 102 Å². The molecule has 0 saturated carbocycles. The van der Waals surface area contributed by atoms with Gasteiger partial charge < -0.3 is 0 Å². The van der Waals surface area contributed by atoms with Gasteiger partial charge in [-0.05, 0) is 45.5 Å². The number of hydrogen-bond acceptors (Lipinski definition) is 6. The fourth-order valence-corrected chi connectivity index (χ4v) is 4.10. The van der Waals surface area contributed by atoms with Crippen LogP contribution in [0.15, 0.2) is 42.5 Å². The van der Waals surface area contributed by atoms with E-state index in [-0.39, 0.29) is 23.5 Å². The maximum atomic E-state index is 12.8. The SMILES string of the molecule is Cc1ccccc1-n1nc(C)c(CN(C)CN2C(=O)c3cccc([N+](=O)[O-])c3C2=O)c1C. The van der Waals surface area contributed by atoms with E-state index in [0.717, 1.165) is 33.1 Å². The summed E-state index contributed by atoms with van der Waals surface area (Å²) < 4.78 is 1.90. The third-order valence-electron chi connectivity index (χ3n) is 5.77. The first kappa shape index (κ1) is 21.4. The minimum absolute atomic E-state index is 0.0118. The molecule has 9 nitrogen and oxygen atoms in total. The molecule has 0 N–H and O–H groups in total. The average Bonchev–Trinajstić information content (AvgIpc) is 3.17. The molecule has 0 aliphatic carbocycles. The third kappa shape index (κ3) is 3.46. The molecule has 0 spiro atoms. The minimum Gasteiger partial charge on any atom is -0.284 e. The van der Waals surface area contributed by atoms with Crippen LogP contribution < -0.4 is 0 Å². The largest absolute Gasteiger partial charge is 0.284 e. The fourth-order valence-electron chi connectivity index (χ4n) is 4.10. The van der Waals surface area contributed by atoms with Crippen LogP contribution in [-0.4, -0.2) is 50.0 Å². The fraction of sp³-hybridized carbons (Fsp3) is 0.261. The van der Waals surface area contributed by atoms with Gasteiger partial charge in [-0.3, -0.25) is 29.5 Å². The van der Waals surface area contributed by atoms with Crippen LogP contribution >= 0.6 is 0 Å². The zero-order valence-electron chi connectivity index (χ0n) is 18.3. The summed E-state index contributed by atoms with van der Waals surface area (Å²) in [7, 11) is 1.79. The summed E-state index contributed by atoms with van der Waals surface area (Å²) in [5.74, 6) is -1.17. The number of fused-ring (bicyclic) bond motifs is 1. The summed E-state index contributed by atoms with van der Waals surface area (Å²) in [6.07, 6.45) is 0. The van der Waals surface area contributed by atoms with E-state index in [4.69, 9.17) is 0 Å². The van der Waals surface area contributed by atoms with Crippen molar-refractivity contribution in [1.29, 1.82) is 0 Å². The Kier molecular flexibility index (Phi) is 5.35. The van der Waals surface area contributed by atoms with Gasteiger partial charge in [-0.2, -0.15) is 5.10 Å². The monoisotopic (exact) mass is 433 g/mol. The maximum absolute atomic E-state index is 12.8. The van der Waals surface area contributed by atoms with Crippen molar-refractivity contribution in [2.45, 2.75) is 27.3 Å². The second-order valence-corrected chi connectivity index (χ2v) is 8.00. The molecule has 2 heterocycles. The Morgan fingerprint density at radius 1 is 1.03 bits per heavy atom. The second kappa shape index (κ2) is 8.01. The molecule has 9 heteroatoms. The van der Waals surface area contributed by atoms with E-state index in [9.17, 15) is 19.7 Å². The number of amides is 2. The minimum atomic E-state index is -0.645. The number of nitrogens with zero attached hydrogens (tertiary/aromatic N) is 5. The maximum Gasteiger partial charge on any atom is 0.282 e. The molecule has 0 atom stereocenters. The highest BCUT2D eigenvalue weighted by atomic mass is 16.6. The first-order chi connectivity index (χ1) is 15.2. The summed E-state index contributed by atoms with van der Waals surface area (Å²) in [6.45, 7) is 6.41. The normalized spacial score (nSPS) is 13.2. The number of carbonyl (C=O) groups excluding carboxylic acids is 2. The zero-order valence-corrected chi connectivity index (χ0v) is 18.3. The molecule has 1 aliphatic heterocycles. The van der Waals surface area contributed by atoms with Gasteiger partial charge in [0.05, 0.1) is 28.5 Å². The van der Waals surface area contributed by atoms with Gasteiger partial charge in [-0.25, -0.2) is 4.68 Å². The lowest BCUT2D eigenvalue weighted by atomic mass is 10.1. The molecule has 0 radical (unpaired) electrons. The summed E-state index contributed by atoms with van der Waals surface area (Å²) in [5, 5.41) is 16.0. The number of imide groups is 1. The molecule has 3 aromatic rings. The third-order valence-corrected chi connectivity index (χ3v) is 5.77. The predicted octanol–water partition coefficient (Wildman–Crippen LogP) is 3.39. The van der Waals surface area contributed by atoms with Crippen molar-refractivity contribution in [2.24, 2.45) is 0 Å². The lowest BCUT2D eigenvalue weighted by molar-refractivity contribution is -0.385. The number of benzene rings is 2. The van der Waals surface area contributed by atoms with E-state index in [1.54, 1.807) is 7.05 Å². The van der Waals surface area contributed by atoms with Crippen molar-refractivity contribution in [1.82, 2.24) is 19.6 Å². The highest BCUT2D eigenvalue weighted by Gasteiger charge is 2.41. The molecule has 164 valence electrons. The van der Waals surface area contributed by atoms with E-state index < -0.39 is 16.7 Å². The van der Waals surface area contributed by atoms with Gasteiger partial charge in [-0.15, -0.1) is 0 Å². The van der Waals surface area contributed by atoms with Crippen molar-refractivity contribution in [2.75, 3.05) is 13.7 Å². The number of aromatic nitrogens is 2.